The van der Waals surface area contributed by atoms with Crippen LogP contribution in [0.3, 0.4) is 0 Å². The van der Waals surface area contributed by atoms with E-state index >= 15 is 0 Å². The van der Waals surface area contributed by atoms with Crippen LogP contribution in [-0.4, -0.2) is 27.7 Å². The molecular formula is C16H21ClN2OS. The van der Waals surface area contributed by atoms with Crippen molar-refractivity contribution in [3.8, 4) is 5.75 Å². The number of hydrogen-bond donors (Lipinski definition) is 0. The number of halogens is 1. The maximum atomic E-state index is 6.40. The molecule has 1 unspecified atom stereocenters. The Kier molecular flexibility index (Phi) is 4.65. The van der Waals surface area contributed by atoms with E-state index in [1.165, 1.54) is 24.3 Å². The van der Waals surface area contributed by atoms with Crippen LogP contribution in [0.5, 0.6) is 5.75 Å². The summed E-state index contributed by atoms with van der Waals surface area (Å²) in [5.41, 5.74) is 2.10. The Hall–Kier alpha value is -0.870. The molecule has 0 saturated carbocycles. The van der Waals surface area contributed by atoms with Crippen LogP contribution in [0.25, 0.3) is 11.0 Å². The van der Waals surface area contributed by atoms with E-state index in [1.807, 2.05) is 37.7 Å². The molecule has 0 spiro atoms. The average molecular weight is 325 g/mol. The SMILES string of the molecule is CCOc1cccc2c1nc(C(C)Cl)n2C1CCSCC1. The van der Waals surface area contributed by atoms with Crippen molar-refractivity contribution < 1.29 is 4.74 Å². The lowest BCUT2D eigenvalue weighted by Crippen LogP contribution is -2.17. The summed E-state index contributed by atoms with van der Waals surface area (Å²) in [6.45, 7) is 4.65. The minimum absolute atomic E-state index is 0.0959. The van der Waals surface area contributed by atoms with Crippen LogP contribution in [-0.2, 0) is 0 Å². The highest BCUT2D eigenvalue weighted by Gasteiger charge is 2.24. The molecule has 1 aliphatic rings. The second-order valence-corrected chi connectivity index (χ2v) is 7.24. The van der Waals surface area contributed by atoms with Gasteiger partial charge < -0.3 is 9.30 Å². The zero-order valence-electron chi connectivity index (χ0n) is 12.5. The zero-order valence-corrected chi connectivity index (χ0v) is 14.1. The van der Waals surface area contributed by atoms with Crippen LogP contribution in [0.4, 0.5) is 0 Å². The fourth-order valence-electron chi connectivity index (χ4n) is 2.99. The predicted octanol–water partition coefficient (Wildman–Crippen LogP) is 4.80. The smallest absolute Gasteiger partial charge is 0.147 e. The van der Waals surface area contributed by atoms with Crippen LogP contribution in [0.2, 0.25) is 0 Å². The van der Waals surface area contributed by atoms with Crippen molar-refractivity contribution in [3.05, 3.63) is 24.0 Å². The highest BCUT2D eigenvalue weighted by molar-refractivity contribution is 7.99. The normalized spacial score (nSPS) is 18.0. The minimum atomic E-state index is -0.0959. The third-order valence-electron chi connectivity index (χ3n) is 3.92. The first-order chi connectivity index (χ1) is 10.2. The van der Waals surface area contributed by atoms with Crippen molar-refractivity contribution in [1.82, 2.24) is 9.55 Å². The van der Waals surface area contributed by atoms with Crippen LogP contribution >= 0.6 is 23.4 Å². The molecule has 1 aromatic heterocycles. The molecule has 3 nitrogen and oxygen atoms in total. The van der Waals surface area contributed by atoms with Gasteiger partial charge in [0.1, 0.15) is 17.1 Å². The van der Waals surface area contributed by atoms with Crippen molar-refractivity contribution in [2.24, 2.45) is 0 Å². The first kappa shape index (κ1) is 15.0. The highest BCUT2D eigenvalue weighted by Crippen LogP contribution is 2.37. The van der Waals surface area contributed by atoms with E-state index in [1.54, 1.807) is 0 Å². The number of rotatable bonds is 4. The predicted molar refractivity (Wildman–Crippen MR) is 90.8 cm³/mol. The van der Waals surface area contributed by atoms with Gasteiger partial charge in [0.15, 0.2) is 0 Å². The number of benzene rings is 1. The first-order valence-corrected chi connectivity index (χ1v) is 9.17. The molecule has 0 N–H and O–H groups in total. The molecule has 1 aliphatic heterocycles. The lowest BCUT2D eigenvalue weighted by Gasteiger charge is -2.26. The molecule has 1 saturated heterocycles. The standard InChI is InChI=1S/C16H21ClN2OS/c1-3-20-14-6-4-5-13-15(14)18-16(11(2)17)19(13)12-7-9-21-10-8-12/h4-6,11-12H,3,7-10H2,1-2H3. The second-order valence-electron chi connectivity index (χ2n) is 5.36. The molecule has 1 atom stereocenters. The summed E-state index contributed by atoms with van der Waals surface area (Å²) < 4.78 is 8.09. The summed E-state index contributed by atoms with van der Waals surface area (Å²) >= 11 is 8.43. The molecular weight excluding hydrogens is 304 g/mol. The number of thioether (sulfide) groups is 1. The Bertz CT molecular complexity index is 620. The van der Waals surface area contributed by atoms with Crippen LogP contribution in [0.15, 0.2) is 18.2 Å². The maximum absolute atomic E-state index is 6.40. The fraction of sp³-hybridized carbons (Fsp3) is 0.562. The Morgan fingerprint density at radius 3 is 2.86 bits per heavy atom. The molecule has 3 rings (SSSR count). The van der Waals surface area contributed by atoms with Gasteiger partial charge in [-0.25, -0.2) is 4.98 Å². The quantitative estimate of drug-likeness (QED) is 0.756. The van der Waals surface area contributed by atoms with Crippen molar-refractivity contribution in [1.29, 1.82) is 0 Å². The molecule has 2 aromatic rings. The number of alkyl halides is 1. The number of ether oxygens (including phenoxy) is 1. The molecule has 114 valence electrons. The summed E-state index contributed by atoms with van der Waals surface area (Å²) in [5, 5.41) is -0.0959. The van der Waals surface area contributed by atoms with E-state index in [0.29, 0.717) is 12.6 Å². The molecule has 0 radical (unpaired) electrons. The van der Waals surface area contributed by atoms with Crippen molar-refractivity contribution >= 4 is 34.4 Å². The molecule has 2 heterocycles. The van der Waals surface area contributed by atoms with Crippen molar-refractivity contribution in [3.63, 3.8) is 0 Å². The fourth-order valence-corrected chi connectivity index (χ4v) is 4.22. The first-order valence-electron chi connectivity index (χ1n) is 7.57. The molecule has 0 aliphatic carbocycles. The van der Waals surface area contributed by atoms with E-state index in [4.69, 9.17) is 21.3 Å². The van der Waals surface area contributed by atoms with Gasteiger partial charge in [-0.2, -0.15) is 11.8 Å². The third-order valence-corrected chi connectivity index (χ3v) is 5.17. The number of nitrogens with zero attached hydrogens (tertiary/aromatic N) is 2. The van der Waals surface area contributed by atoms with E-state index in [9.17, 15) is 0 Å². The van der Waals surface area contributed by atoms with Gasteiger partial charge in [-0.3, -0.25) is 0 Å². The van der Waals surface area contributed by atoms with Gasteiger partial charge in [-0.05, 0) is 50.3 Å². The number of aromatic nitrogens is 2. The van der Waals surface area contributed by atoms with E-state index in [0.717, 1.165) is 22.6 Å². The molecule has 0 amide bonds. The molecule has 21 heavy (non-hydrogen) atoms. The second kappa shape index (κ2) is 6.49. The Morgan fingerprint density at radius 1 is 1.43 bits per heavy atom. The summed E-state index contributed by atoms with van der Waals surface area (Å²) in [6.07, 6.45) is 2.37. The summed E-state index contributed by atoms with van der Waals surface area (Å²) in [4.78, 5) is 4.81. The number of hydrogen-bond acceptors (Lipinski definition) is 3. The van der Waals surface area contributed by atoms with E-state index in [2.05, 4.69) is 10.6 Å². The lowest BCUT2D eigenvalue weighted by molar-refractivity contribution is 0.343. The van der Waals surface area contributed by atoms with Gasteiger partial charge in [0.05, 0.1) is 17.5 Å². The third kappa shape index (κ3) is 2.88. The number of para-hydroxylation sites is 1. The summed E-state index contributed by atoms with van der Waals surface area (Å²) in [7, 11) is 0. The monoisotopic (exact) mass is 324 g/mol. The lowest BCUT2D eigenvalue weighted by atomic mass is 10.1. The Balaban J connectivity index is 2.15. The van der Waals surface area contributed by atoms with Crippen LogP contribution in [0, 0.1) is 0 Å². The molecule has 1 aromatic carbocycles. The van der Waals surface area contributed by atoms with Crippen molar-refractivity contribution in [2.45, 2.75) is 38.1 Å². The maximum Gasteiger partial charge on any atom is 0.147 e. The van der Waals surface area contributed by atoms with Gasteiger partial charge in [-0.15, -0.1) is 11.6 Å². The minimum Gasteiger partial charge on any atom is -0.492 e. The van der Waals surface area contributed by atoms with Gasteiger partial charge in [-0.1, -0.05) is 6.07 Å². The highest BCUT2D eigenvalue weighted by atomic mass is 35.5. The Morgan fingerprint density at radius 2 is 2.19 bits per heavy atom. The van der Waals surface area contributed by atoms with Crippen LogP contribution in [0.1, 0.15) is 43.9 Å². The van der Waals surface area contributed by atoms with Gasteiger partial charge in [0.2, 0.25) is 0 Å². The zero-order chi connectivity index (χ0) is 14.8. The topological polar surface area (TPSA) is 27.1 Å². The van der Waals surface area contributed by atoms with Gasteiger partial charge in [0.25, 0.3) is 0 Å². The number of imidazole rings is 1. The Labute approximate surface area is 135 Å². The van der Waals surface area contributed by atoms with E-state index in [-0.39, 0.29) is 5.38 Å². The average Bonchev–Trinajstić information content (AvgIpc) is 2.89. The van der Waals surface area contributed by atoms with Crippen LogP contribution < -0.4 is 4.74 Å². The largest absolute Gasteiger partial charge is 0.492 e. The molecule has 0 bridgehead atoms. The number of fused-ring (bicyclic) bond motifs is 1. The van der Waals surface area contributed by atoms with Gasteiger partial charge in [0, 0.05) is 6.04 Å². The molecule has 1 fully saturated rings. The summed E-state index contributed by atoms with van der Waals surface area (Å²) in [6, 6.07) is 6.67. The van der Waals surface area contributed by atoms with Gasteiger partial charge >= 0.3 is 0 Å². The van der Waals surface area contributed by atoms with Crippen molar-refractivity contribution in [2.75, 3.05) is 18.1 Å². The summed E-state index contributed by atoms with van der Waals surface area (Å²) in [5.74, 6) is 4.25. The van der Waals surface area contributed by atoms with E-state index < -0.39 is 0 Å². The molecule has 5 heteroatoms.